The van der Waals surface area contributed by atoms with Crippen molar-refractivity contribution in [1.82, 2.24) is 4.72 Å². The topological polar surface area (TPSA) is 72.2 Å². The SMILES string of the molecule is Cc1ccc(CC(C)NS(=O)(=O)c2ccc(N)c(F)c2)s1. The molecule has 3 N–H and O–H groups in total. The van der Waals surface area contributed by atoms with E-state index in [-0.39, 0.29) is 16.6 Å². The van der Waals surface area contributed by atoms with Crippen LogP contribution in [0.1, 0.15) is 16.7 Å². The van der Waals surface area contributed by atoms with E-state index in [2.05, 4.69) is 4.72 Å². The monoisotopic (exact) mass is 328 g/mol. The molecule has 1 heterocycles. The Morgan fingerprint density at radius 2 is 2.05 bits per heavy atom. The summed E-state index contributed by atoms with van der Waals surface area (Å²) in [6.07, 6.45) is 0.592. The van der Waals surface area contributed by atoms with Gasteiger partial charge in [0.1, 0.15) is 5.82 Å². The Morgan fingerprint density at radius 1 is 1.33 bits per heavy atom. The zero-order chi connectivity index (χ0) is 15.6. The van der Waals surface area contributed by atoms with Gasteiger partial charge in [-0.25, -0.2) is 17.5 Å². The van der Waals surface area contributed by atoms with Gasteiger partial charge in [0.05, 0.1) is 10.6 Å². The van der Waals surface area contributed by atoms with E-state index in [1.165, 1.54) is 17.0 Å². The normalized spacial score (nSPS) is 13.3. The minimum Gasteiger partial charge on any atom is -0.396 e. The highest BCUT2D eigenvalue weighted by atomic mass is 32.2. The maximum atomic E-state index is 13.4. The number of anilines is 1. The van der Waals surface area contributed by atoms with E-state index in [0.717, 1.165) is 10.9 Å². The van der Waals surface area contributed by atoms with Crippen LogP contribution in [0.3, 0.4) is 0 Å². The largest absolute Gasteiger partial charge is 0.396 e. The van der Waals surface area contributed by atoms with Crippen LogP contribution in [-0.2, 0) is 16.4 Å². The lowest BCUT2D eigenvalue weighted by Gasteiger charge is -2.13. The van der Waals surface area contributed by atoms with Gasteiger partial charge in [0.25, 0.3) is 0 Å². The number of nitrogens with two attached hydrogens (primary N) is 1. The van der Waals surface area contributed by atoms with E-state index in [4.69, 9.17) is 5.73 Å². The van der Waals surface area contributed by atoms with E-state index >= 15 is 0 Å². The van der Waals surface area contributed by atoms with Gasteiger partial charge in [0.2, 0.25) is 10.0 Å². The molecule has 4 nitrogen and oxygen atoms in total. The van der Waals surface area contributed by atoms with Crippen molar-refractivity contribution in [2.75, 3.05) is 5.73 Å². The summed E-state index contributed by atoms with van der Waals surface area (Å²) in [5, 5.41) is 0. The van der Waals surface area contributed by atoms with E-state index in [1.807, 2.05) is 19.1 Å². The second-order valence-corrected chi connectivity index (χ2v) is 8.01. The molecule has 1 aromatic heterocycles. The van der Waals surface area contributed by atoms with Crippen molar-refractivity contribution >= 4 is 27.0 Å². The standard InChI is InChI=1S/C14H17FN2O2S2/c1-9(7-11-4-3-10(2)20-11)17-21(18,19)12-5-6-14(16)13(15)8-12/h3-6,8-9,17H,7,16H2,1-2H3. The van der Waals surface area contributed by atoms with Gasteiger partial charge in [0.15, 0.2) is 0 Å². The van der Waals surface area contributed by atoms with E-state index in [9.17, 15) is 12.8 Å². The van der Waals surface area contributed by atoms with Crippen molar-refractivity contribution in [2.24, 2.45) is 0 Å². The Balaban J connectivity index is 2.11. The lowest BCUT2D eigenvalue weighted by Crippen LogP contribution is -2.34. The molecule has 0 saturated carbocycles. The van der Waals surface area contributed by atoms with Gasteiger partial charge < -0.3 is 5.73 Å². The number of sulfonamides is 1. The molecular formula is C14H17FN2O2S2. The first-order valence-electron chi connectivity index (χ1n) is 6.40. The van der Waals surface area contributed by atoms with Crippen LogP contribution in [0, 0.1) is 12.7 Å². The smallest absolute Gasteiger partial charge is 0.240 e. The van der Waals surface area contributed by atoms with Crippen molar-refractivity contribution < 1.29 is 12.8 Å². The molecule has 1 unspecified atom stereocenters. The van der Waals surface area contributed by atoms with Gasteiger partial charge in [-0.15, -0.1) is 11.3 Å². The molecule has 21 heavy (non-hydrogen) atoms. The van der Waals surface area contributed by atoms with Crippen molar-refractivity contribution in [2.45, 2.75) is 31.2 Å². The summed E-state index contributed by atoms with van der Waals surface area (Å²) in [6.45, 7) is 3.78. The molecule has 0 aliphatic carbocycles. The van der Waals surface area contributed by atoms with Gasteiger partial charge in [-0.2, -0.15) is 0 Å². The second kappa shape index (κ2) is 6.13. The van der Waals surface area contributed by atoms with Crippen molar-refractivity contribution in [1.29, 1.82) is 0 Å². The molecule has 0 aliphatic rings. The quantitative estimate of drug-likeness (QED) is 0.829. The molecule has 114 valence electrons. The Hall–Kier alpha value is -1.44. The molecule has 1 atom stereocenters. The average Bonchev–Trinajstić information content (AvgIpc) is 2.77. The number of hydrogen-bond acceptors (Lipinski definition) is 4. The third-order valence-corrected chi connectivity index (χ3v) is 5.55. The zero-order valence-corrected chi connectivity index (χ0v) is 13.4. The highest BCUT2D eigenvalue weighted by Crippen LogP contribution is 2.19. The molecule has 0 fully saturated rings. The minimum atomic E-state index is -3.75. The molecule has 1 aromatic carbocycles. The summed E-state index contributed by atoms with van der Waals surface area (Å²) >= 11 is 1.63. The highest BCUT2D eigenvalue weighted by Gasteiger charge is 2.19. The summed E-state index contributed by atoms with van der Waals surface area (Å²) in [5.41, 5.74) is 5.28. The number of thiophene rings is 1. The Bertz CT molecular complexity index is 741. The number of aryl methyl sites for hydroxylation is 1. The van der Waals surface area contributed by atoms with E-state index in [1.54, 1.807) is 18.3 Å². The van der Waals surface area contributed by atoms with Crippen molar-refractivity contribution in [3.05, 3.63) is 45.9 Å². The van der Waals surface area contributed by atoms with Gasteiger partial charge in [-0.1, -0.05) is 0 Å². The molecule has 0 saturated heterocycles. The summed E-state index contributed by atoms with van der Waals surface area (Å²) in [6, 6.07) is 7.16. The molecule has 7 heteroatoms. The molecule has 2 aromatic rings. The fourth-order valence-electron chi connectivity index (χ4n) is 1.95. The minimum absolute atomic E-state index is 0.0731. The van der Waals surface area contributed by atoms with Crippen LogP contribution in [0.15, 0.2) is 35.2 Å². The molecule has 0 amide bonds. The third kappa shape index (κ3) is 4.03. The van der Waals surface area contributed by atoms with Crippen molar-refractivity contribution in [3.63, 3.8) is 0 Å². The number of rotatable bonds is 5. The Morgan fingerprint density at radius 3 is 2.62 bits per heavy atom. The van der Waals surface area contributed by atoms with Gasteiger partial charge >= 0.3 is 0 Å². The number of nitrogen functional groups attached to an aromatic ring is 1. The first kappa shape index (κ1) is 15.9. The van der Waals surface area contributed by atoms with E-state index in [0.29, 0.717) is 6.42 Å². The predicted octanol–water partition coefficient (Wildman–Crippen LogP) is 2.69. The number of hydrogen-bond donors (Lipinski definition) is 2. The fraction of sp³-hybridized carbons (Fsp3) is 0.286. The van der Waals surface area contributed by atoms with Gasteiger partial charge in [-0.05, 0) is 50.6 Å². The van der Waals surface area contributed by atoms with Crippen LogP contribution in [-0.4, -0.2) is 14.5 Å². The molecular weight excluding hydrogens is 311 g/mol. The van der Waals surface area contributed by atoms with Crippen LogP contribution in [0.2, 0.25) is 0 Å². The Labute approximate surface area is 127 Å². The molecule has 0 spiro atoms. The zero-order valence-electron chi connectivity index (χ0n) is 11.8. The molecule has 0 bridgehead atoms. The Kier molecular flexibility index (Phi) is 4.65. The molecule has 2 rings (SSSR count). The number of benzene rings is 1. The fourth-order valence-corrected chi connectivity index (χ4v) is 4.22. The van der Waals surface area contributed by atoms with Crippen LogP contribution >= 0.6 is 11.3 Å². The maximum Gasteiger partial charge on any atom is 0.240 e. The summed E-state index contributed by atoms with van der Waals surface area (Å²) in [4.78, 5) is 2.16. The third-order valence-electron chi connectivity index (χ3n) is 2.94. The predicted molar refractivity (Wildman–Crippen MR) is 83.4 cm³/mol. The first-order chi connectivity index (χ1) is 9.78. The summed E-state index contributed by atoms with van der Waals surface area (Å²) < 4.78 is 40.3. The first-order valence-corrected chi connectivity index (χ1v) is 8.70. The van der Waals surface area contributed by atoms with Crippen LogP contribution < -0.4 is 10.5 Å². The number of nitrogens with one attached hydrogen (secondary N) is 1. The highest BCUT2D eigenvalue weighted by molar-refractivity contribution is 7.89. The van der Waals surface area contributed by atoms with Crippen molar-refractivity contribution in [3.8, 4) is 0 Å². The molecule has 0 aliphatic heterocycles. The summed E-state index contributed by atoms with van der Waals surface area (Å²) in [5.74, 6) is -0.737. The molecule has 0 radical (unpaired) electrons. The van der Waals surface area contributed by atoms with Gasteiger partial charge in [-0.3, -0.25) is 0 Å². The van der Waals surface area contributed by atoms with E-state index < -0.39 is 15.8 Å². The lowest BCUT2D eigenvalue weighted by atomic mass is 10.2. The van der Waals surface area contributed by atoms with Crippen LogP contribution in [0.25, 0.3) is 0 Å². The number of halogens is 1. The maximum absolute atomic E-state index is 13.4. The van der Waals surface area contributed by atoms with Crippen LogP contribution in [0.5, 0.6) is 0 Å². The van der Waals surface area contributed by atoms with Gasteiger partial charge in [0, 0.05) is 15.8 Å². The summed E-state index contributed by atoms with van der Waals surface area (Å²) in [7, 11) is -3.75. The average molecular weight is 328 g/mol. The van der Waals surface area contributed by atoms with Crippen LogP contribution in [0.4, 0.5) is 10.1 Å². The lowest BCUT2D eigenvalue weighted by molar-refractivity contribution is 0.558. The second-order valence-electron chi connectivity index (χ2n) is 4.92.